The zero-order chi connectivity index (χ0) is 24.9. The first-order chi connectivity index (χ1) is 16.4. The Balaban J connectivity index is 0.000000286. The van der Waals surface area contributed by atoms with E-state index in [0.717, 1.165) is 55.3 Å². The van der Waals surface area contributed by atoms with Crippen LogP contribution in [0.25, 0.3) is 0 Å². The highest BCUT2D eigenvalue weighted by molar-refractivity contribution is 7.13. The van der Waals surface area contributed by atoms with E-state index in [9.17, 15) is 13.6 Å². The molecule has 1 aliphatic carbocycles. The van der Waals surface area contributed by atoms with Crippen LogP contribution in [-0.2, 0) is 24.3 Å². The highest BCUT2D eigenvalue weighted by Gasteiger charge is 2.23. The van der Waals surface area contributed by atoms with Crippen LogP contribution >= 0.6 is 11.3 Å². The maximum Gasteiger partial charge on any atom is 0.273 e. The third kappa shape index (κ3) is 9.38. The van der Waals surface area contributed by atoms with Crippen molar-refractivity contribution in [2.75, 3.05) is 26.7 Å². The van der Waals surface area contributed by atoms with Crippen LogP contribution in [0.1, 0.15) is 60.5 Å². The molecule has 0 aromatic carbocycles. The molecule has 10 heteroatoms. The summed E-state index contributed by atoms with van der Waals surface area (Å²) < 4.78 is 31.1. The number of ether oxygens (including phenoxy) is 1. The topological polar surface area (TPSA) is 86.3 Å². The standard InChI is InChI=1S/C16H24F2N2OS.C7H10N2O.CH5N/c17-15(18)11-21-16-19-13-10-20(9-7-14(13)22-16)8-6-12-4-2-1-3-5-12;1-6-5-7(2)9(8-6)3-4-10;1-2/h12,15H,1-11H2;4-5H,3H2,1-2H3;2H2,1H3. The van der Waals surface area contributed by atoms with Crippen molar-refractivity contribution in [2.45, 2.75) is 78.3 Å². The minimum absolute atomic E-state index is 0.361. The molecule has 0 bridgehead atoms. The first-order valence-corrected chi connectivity index (χ1v) is 12.9. The van der Waals surface area contributed by atoms with Crippen LogP contribution in [-0.4, -0.2) is 59.1 Å². The second-order valence-corrected chi connectivity index (χ2v) is 9.69. The molecule has 1 fully saturated rings. The number of hydrogen-bond donors (Lipinski definition) is 1. The lowest BCUT2D eigenvalue weighted by molar-refractivity contribution is -0.108. The SMILES string of the molecule is CN.Cc1cc(C)n(CC=O)n1.FC(F)COc1nc2c(s1)CCN(CCC1CCCCC1)C2. The summed E-state index contributed by atoms with van der Waals surface area (Å²) in [5.41, 5.74) is 7.52. The Hall–Kier alpha value is -1.91. The van der Waals surface area contributed by atoms with Gasteiger partial charge in [-0.15, -0.1) is 0 Å². The fourth-order valence-electron chi connectivity index (χ4n) is 4.39. The number of carbonyl (C=O) groups excluding carboxylic acids is 1. The summed E-state index contributed by atoms with van der Waals surface area (Å²) >= 11 is 1.43. The number of halogens is 2. The second-order valence-electron chi connectivity index (χ2n) is 8.65. The van der Waals surface area contributed by atoms with Gasteiger partial charge in [0.1, 0.15) is 6.29 Å². The third-order valence-corrected chi connectivity index (χ3v) is 7.12. The number of aryl methyl sites for hydroxylation is 2. The maximum absolute atomic E-state index is 12.2. The Morgan fingerprint density at radius 2 is 2.00 bits per heavy atom. The Bertz CT molecular complexity index is 853. The monoisotopic (exact) mass is 499 g/mol. The second kappa shape index (κ2) is 15.2. The van der Waals surface area contributed by atoms with Crippen molar-refractivity contribution in [3.8, 4) is 5.19 Å². The fourth-order valence-corrected chi connectivity index (χ4v) is 5.30. The molecule has 0 amide bonds. The molecule has 0 saturated heterocycles. The lowest BCUT2D eigenvalue weighted by atomic mass is 9.87. The molecule has 1 aliphatic heterocycles. The smallest absolute Gasteiger partial charge is 0.273 e. The number of thiazole rings is 1. The number of nitrogens with zero attached hydrogens (tertiary/aromatic N) is 4. The van der Waals surface area contributed by atoms with Crippen molar-refractivity contribution >= 4 is 17.6 Å². The van der Waals surface area contributed by atoms with E-state index < -0.39 is 13.0 Å². The lowest BCUT2D eigenvalue weighted by Crippen LogP contribution is -2.32. The van der Waals surface area contributed by atoms with Gasteiger partial charge in [0.05, 0.1) is 17.9 Å². The summed E-state index contributed by atoms with van der Waals surface area (Å²) in [7, 11) is 1.50. The van der Waals surface area contributed by atoms with Crippen molar-refractivity contribution in [3.05, 3.63) is 28.0 Å². The van der Waals surface area contributed by atoms with Crippen LogP contribution in [0.2, 0.25) is 0 Å². The predicted octanol–water partition coefficient (Wildman–Crippen LogP) is 4.39. The number of carbonyl (C=O) groups is 1. The Kier molecular flexibility index (Phi) is 12.6. The predicted molar refractivity (Wildman–Crippen MR) is 132 cm³/mol. The lowest BCUT2D eigenvalue weighted by Gasteiger charge is -2.29. The molecule has 7 nitrogen and oxygen atoms in total. The Morgan fingerprint density at radius 1 is 1.26 bits per heavy atom. The number of alkyl halides is 2. The van der Waals surface area contributed by atoms with E-state index in [1.807, 2.05) is 19.9 Å². The molecule has 192 valence electrons. The van der Waals surface area contributed by atoms with Gasteiger partial charge in [-0.2, -0.15) is 5.10 Å². The molecule has 2 aromatic rings. The fraction of sp³-hybridized carbons (Fsp3) is 0.708. The average Bonchev–Trinajstić information content (AvgIpc) is 3.40. The molecule has 2 N–H and O–H groups in total. The van der Waals surface area contributed by atoms with Crippen LogP contribution in [0.15, 0.2) is 6.07 Å². The number of nitrogens with two attached hydrogens (primary N) is 1. The molecule has 0 unspecified atom stereocenters. The quantitative estimate of drug-likeness (QED) is 0.542. The molecule has 3 heterocycles. The van der Waals surface area contributed by atoms with Gasteiger partial charge >= 0.3 is 0 Å². The van der Waals surface area contributed by atoms with Crippen LogP contribution in [0.4, 0.5) is 8.78 Å². The van der Waals surface area contributed by atoms with E-state index in [4.69, 9.17) is 4.74 Å². The van der Waals surface area contributed by atoms with E-state index in [1.54, 1.807) is 4.68 Å². The summed E-state index contributed by atoms with van der Waals surface area (Å²) in [4.78, 5) is 18.1. The molecular formula is C24H39F2N5O2S. The minimum atomic E-state index is -2.44. The third-order valence-electron chi connectivity index (χ3n) is 6.05. The van der Waals surface area contributed by atoms with Gasteiger partial charge in [-0.3, -0.25) is 9.58 Å². The number of aromatic nitrogens is 3. The summed E-state index contributed by atoms with van der Waals surface area (Å²) in [6.07, 6.45) is 7.64. The molecule has 0 radical (unpaired) electrons. The molecule has 0 atom stereocenters. The van der Waals surface area contributed by atoms with Crippen LogP contribution in [0.3, 0.4) is 0 Å². The highest BCUT2D eigenvalue weighted by atomic mass is 32.1. The highest BCUT2D eigenvalue weighted by Crippen LogP contribution is 2.31. The van der Waals surface area contributed by atoms with Gasteiger partial charge in [-0.1, -0.05) is 43.4 Å². The zero-order valence-corrected chi connectivity index (χ0v) is 21.5. The average molecular weight is 500 g/mol. The van der Waals surface area contributed by atoms with Crippen LogP contribution in [0.5, 0.6) is 5.19 Å². The molecule has 0 spiro atoms. The van der Waals surface area contributed by atoms with Crippen molar-refractivity contribution in [2.24, 2.45) is 11.7 Å². The van der Waals surface area contributed by atoms with Gasteiger partial charge in [0.2, 0.25) is 0 Å². The maximum atomic E-state index is 12.2. The zero-order valence-electron chi connectivity index (χ0n) is 20.6. The molecule has 34 heavy (non-hydrogen) atoms. The number of rotatable bonds is 8. The number of fused-ring (bicyclic) bond motifs is 1. The summed E-state index contributed by atoms with van der Waals surface area (Å²) in [6.45, 7) is 6.68. The normalized spacial score (nSPS) is 16.2. The van der Waals surface area contributed by atoms with Crippen LogP contribution in [0, 0.1) is 19.8 Å². The molecule has 1 saturated carbocycles. The van der Waals surface area contributed by atoms with Gasteiger partial charge in [0.25, 0.3) is 11.6 Å². The number of aldehydes is 1. The first kappa shape index (κ1) is 28.3. The van der Waals surface area contributed by atoms with E-state index in [1.165, 1.54) is 61.8 Å². The van der Waals surface area contributed by atoms with Gasteiger partial charge in [0.15, 0.2) is 6.61 Å². The summed E-state index contributed by atoms with van der Waals surface area (Å²) in [5, 5.41) is 4.49. The van der Waals surface area contributed by atoms with Crippen LogP contribution < -0.4 is 10.5 Å². The molecule has 2 aliphatic rings. The summed E-state index contributed by atoms with van der Waals surface area (Å²) in [6, 6.07) is 1.95. The minimum Gasteiger partial charge on any atom is -0.464 e. The first-order valence-electron chi connectivity index (χ1n) is 12.1. The Labute approximate surface area is 205 Å². The van der Waals surface area contributed by atoms with Crippen molar-refractivity contribution < 1.29 is 18.3 Å². The molecular weight excluding hydrogens is 460 g/mol. The van der Waals surface area contributed by atoms with Gasteiger partial charge in [-0.25, -0.2) is 13.8 Å². The van der Waals surface area contributed by atoms with Crippen molar-refractivity contribution in [3.63, 3.8) is 0 Å². The van der Waals surface area contributed by atoms with Gasteiger partial charge < -0.3 is 15.3 Å². The summed E-state index contributed by atoms with van der Waals surface area (Å²) in [5.74, 6) is 0.899. The van der Waals surface area contributed by atoms with Crippen molar-refractivity contribution in [1.29, 1.82) is 0 Å². The Morgan fingerprint density at radius 3 is 2.62 bits per heavy atom. The van der Waals surface area contributed by atoms with Gasteiger partial charge in [0, 0.05) is 23.7 Å². The number of hydrogen-bond acceptors (Lipinski definition) is 7. The van der Waals surface area contributed by atoms with E-state index in [-0.39, 0.29) is 0 Å². The molecule has 4 rings (SSSR count). The largest absolute Gasteiger partial charge is 0.464 e. The van der Waals surface area contributed by atoms with E-state index >= 15 is 0 Å². The molecule has 2 aromatic heterocycles. The van der Waals surface area contributed by atoms with E-state index in [2.05, 4.69) is 20.7 Å². The van der Waals surface area contributed by atoms with Gasteiger partial charge in [-0.05, 0) is 52.3 Å². The van der Waals surface area contributed by atoms with Crippen molar-refractivity contribution in [1.82, 2.24) is 19.7 Å². The van der Waals surface area contributed by atoms with E-state index in [0.29, 0.717) is 11.7 Å².